The van der Waals surface area contributed by atoms with E-state index < -0.39 is 0 Å². The number of para-hydroxylation sites is 4. The Kier molecular flexibility index (Phi) is 10.3. The molecule has 2 heteroatoms. The van der Waals surface area contributed by atoms with Gasteiger partial charge in [0.2, 0.25) is 0 Å². The van der Waals surface area contributed by atoms with Crippen LogP contribution in [0.3, 0.4) is 0 Å². The number of aromatic nitrogens is 1. The molecular weight excluding hydrogens is 797 g/mol. The summed E-state index contributed by atoms with van der Waals surface area (Å²) in [5.74, 6) is 0.570. The van der Waals surface area contributed by atoms with Crippen molar-refractivity contribution in [2.24, 2.45) is 0 Å². The van der Waals surface area contributed by atoms with Gasteiger partial charge < -0.3 is 9.47 Å². The van der Waals surface area contributed by atoms with Gasteiger partial charge in [-0.05, 0) is 117 Å². The molecule has 12 rings (SSSR count). The standard InChI is InChI=1S/C64H50N2/c1-4-19-45(20-5-1)46-37-39-47(40-38-46)48-41-43-52(44-42-48)65(59-33-13-10-27-54(59)56-31-17-24-50-23-16-30-53(63(50)56)49-21-6-2-7-22-49)60-34-14-11-28-55(60)57-32-18-36-62-64(57)58-29-12-15-35-61(58)66(62)51-25-8-3-9-26-51/h1,3-5,8-20,23-44,49H,2,6-7,21-22H2. The first-order valence-corrected chi connectivity index (χ1v) is 23.6. The summed E-state index contributed by atoms with van der Waals surface area (Å²) < 4.78 is 2.42. The van der Waals surface area contributed by atoms with E-state index in [9.17, 15) is 0 Å². The van der Waals surface area contributed by atoms with E-state index in [1.165, 1.54) is 115 Å². The second kappa shape index (κ2) is 17.2. The molecule has 0 atom stereocenters. The predicted molar refractivity (Wildman–Crippen MR) is 281 cm³/mol. The molecule has 0 unspecified atom stereocenters. The van der Waals surface area contributed by atoms with Crippen LogP contribution in [0.4, 0.5) is 17.1 Å². The summed E-state index contributed by atoms with van der Waals surface area (Å²) in [5.41, 5.74) is 18.1. The van der Waals surface area contributed by atoms with Crippen molar-refractivity contribution in [2.45, 2.75) is 38.0 Å². The summed E-state index contributed by atoms with van der Waals surface area (Å²) in [5, 5.41) is 5.18. The molecule has 0 amide bonds. The Morgan fingerprint density at radius 2 is 0.833 bits per heavy atom. The number of benzene rings is 10. The highest BCUT2D eigenvalue weighted by Crippen LogP contribution is 2.49. The minimum Gasteiger partial charge on any atom is -0.309 e. The van der Waals surface area contributed by atoms with E-state index in [-0.39, 0.29) is 0 Å². The summed E-state index contributed by atoms with van der Waals surface area (Å²) in [6.45, 7) is 0. The molecule has 10 aromatic carbocycles. The third kappa shape index (κ3) is 7.07. The maximum atomic E-state index is 2.52. The maximum absolute atomic E-state index is 2.52. The smallest absolute Gasteiger partial charge is 0.0547 e. The molecule has 2 nitrogen and oxygen atoms in total. The Labute approximate surface area is 387 Å². The van der Waals surface area contributed by atoms with Crippen LogP contribution in [0.1, 0.15) is 43.6 Å². The summed E-state index contributed by atoms with van der Waals surface area (Å²) in [6, 6.07) is 87.2. The fourth-order valence-electron chi connectivity index (χ4n) is 10.9. The van der Waals surface area contributed by atoms with E-state index >= 15 is 0 Å². The molecule has 1 aliphatic rings. The lowest BCUT2D eigenvalue weighted by Crippen LogP contribution is -2.12. The predicted octanol–water partition coefficient (Wildman–Crippen LogP) is 18.1. The molecule has 1 heterocycles. The zero-order valence-electron chi connectivity index (χ0n) is 37.0. The monoisotopic (exact) mass is 846 g/mol. The van der Waals surface area contributed by atoms with Crippen molar-refractivity contribution in [2.75, 3.05) is 4.90 Å². The molecule has 1 aromatic heterocycles. The van der Waals surface area contributed by atoms with Crippen molar-refractivity contribution in [3.05, 3.63) is 242 Å². The van der Waals surface area contributed by atoms with E-state index in [0.29, 0.717) is 5.92 Å². The Morgan fingerprint density at radius 1 is 0.348 bits per heavy atom. The van der Waals surface area contributed by atoms with Crippen LogP contribution in [0.5, 0.6) is 0 Å². The molecule has 0 bridgehead atoms. The zero-order valence-corrected chi connectivity index (χ0v) is 37.0. The Hall–Kier alpha value is -7.94. The third-order valence-electron chi connectivity index (χ3n) is 14.0. The van der Waals surface area contributed by atoms with Crippen molar-refractivity contribution in [3.8, 4) is 50.2 Å². The van der Waals surface area contributed by atoms with Gasteiger partial charge in [-0.2, -0.15) is 0 Å². The molecule has 1 fully saturated rings. The molecular formula is C64H50N2. The van der Waals surface area contributed by atoms with Gasteiger partial charge in [0.15, 0.2) is 0 Å². The van der Waals surface area contributed by atoms with Gasteiger partial charge in [0.1, 0.15) is 0 Å². The Bertz CT molecular complexity index is 3480. The first-order valence-electron chi connectivity index (χ1n) is 23.6. The van der Waals surface area contributed by atoms with Crippen LogP contribution in [0.15, 0.2) is 237 Å². The largest absolute Gasteiger partial charge is 0.309 e. The molecule has 0 N–H and O–H groups in total. The summed E-state index contributed by atoms with van der Waals surface area (Å²) >= 11 is 0. The lowest BCUT2D eigenvalue weighted by Gasteiger charge is -2.31. The van der Waals surface area contributed by atoms with Gasteiger partial charge in [0, 0.05) is 33.3 Å². The van der Waals surface area contributed by atoms with E-state index in [2.05, 4.69) is 246 Å². The van der Waals surface area contributed by atoms with E-state index in [0.717, 1.165) is 22.7 Å². The van der Waals surface area contributed by atoms with Crippen LogP contribution in [0, 0.1) is 0 Å². The van der Waals surface area contributed by atoms with Gasteiger partial charge in [-0.3, -0.25) is 0 Å². The lowest BCUT2D eigenvalue weighted by molar-refractivity contribution is 0.445. The second-order valence-electron chi connectivity index (χ2n) is 17.8. The van der Waals surface area contributed by atoms with Crippen molar-refractivity contribution < 1.29 is 0 Å². The summed E-state index contributed by atoms with van der Waals surface area (Å²) in [6.07, 6.45) is 6.44. The average Bonchev–Trinajstić information content (AvgIpc) is 3.74. The minimum atomic E-state index is 0.570. The number of rotatable bonds is 9. The summed E-state index contributed by atoms with van der Waals surface area (Å²) in [4.78, 5) is 2.52. The van der Waals surface area contributed by atoms with Crippen LogP contribution in [0.2, 0.25) is 0 Å². The number of nitrogens with zero attached hydrogens (tertiary/aromatic N) is 2. The highest BCUT2D eigenvalue weighted by atomic mass is 15.1. The summed E-state index contributed by atoms with van der Waals surface area (Å²) in [7, 11) is 0. The fraction of sp³-hybridized carbons (Fsp3) is 0.0938. The van der Waals surface area contributed by atoms with Gasteiger partial charge in [0.25, 0.3) is 0 Å². The highest BCUT2D eigenvalue weighted by Gasteiger charge is 2.25. The van der Waals surface area contributed by atoms with Gasteiger partial charge in [0.05, 0.1) is 22.4 Å². The molecule has 1 aliphatic carbocycles. The Morgan fingerprint density at radius 3 is 1.50 bits per heavy atom. The topological polar surface area (TPSA) is 8.17 Å². The van der Waals surface area contributed by atoms with Crippen LogP contribution in [-0.2, 0) is 0 Å². The Balaban J connectivity index is 1.07. The normalized spacial score (nSPS) is 13.1. The van der Waals surface area contributed by atoms with E-state index in [1.807, 2.05) is 0 Å². The molecule has 11 aromatic rings. The SMILES string of the molecule is c1ccc(-c2ccc(-c3ccc(N(c4ccccc4-c4cccc5cccc(C6CCCCC6)c45)c4ccccc4-c4cccc5c4c4ccccc4n5-c4ccccc4)cc3)cc2)cc1. The first kappa shape index (κ1) is 39.6. The van der Waals surface area contributed by atoms with Crippen LogP contribution >= 0.6 is 0 Å². The molecule has 0 radical (unpaired) electrons. The molecule has 0 saturated heterocycles. The van der Waals surface area contributed by atoms with Crippen LogP contribution in [0.25, 0.3) is 82.8 Å². The van der Waals surface area contributed by atoms with Gasteiger partial charge in [-0.25, -0.2) is 0 Å². The molecule has 1 saturated carbocycles. The third-order valence-corrected chi connectivity index (χ3v) is 14.0. The molecule has 0 aliphatic heterocycles. The molecule has 0 spiro atoms. The lowest BCUT2D eigenvalue weighted by atomic mass is 9.80. The maximum Gasteiger partial charge on any atom is 0.0547 e. The highest BCUT2D eigenvalue weighted by molar-refractivity contribution is 6.17. The van der Waals surface area contributed by atoms with Crippen LogP contribution < -0.4 is 4.90 Å². The quantitative estimate of drug-likeness (QED) is 0.140. The van der Waals surface area contributed by atoms with Crippen molar-refractivity contribution in [1.82, 2.24) is 4.57 Å². The van der Waals surface area contributed by atoms with Crippen LogP contribution in [-0.4, -0.2) is 4.57 Å². The second-order valence-corrected chi connectivity index (χ2v) is 17.8. The zero-order chi connectivity index (χ0) is 43.8. The number of anilines is 3. The van der Waals surface area contributed by atoms with Crippen molar-refractivity contribution in [3.63, 3.8) is 0 Å². The molecule has 66 heavy (non-hydrogen) atoms. The van der Waals surface area contributed by atoms with Gasteiger partial charge in [-0.15, -0.1) is 0 Å². The van der Waals surface area contributed by atoms with Crippen molar-refractivity contribution >= 4 is 49.6 Å². The molecule has 316 valence electrons. The van der Waals surface area contributed by atoms with Crippen molar-refractivity contribution in [1.29, 1.82) is 0 Å². The van der Waals surface area contributed by atoms with Gasteiger partial charge in [-0.1, -0.05) is 207 Å². The van der Waals surface area contributed by atoms with E-state index in [4.69, 9.17) is 0 Å². The fourth-order valence-corrected chi connectivity index (χ4v) is 10.9. The first-order chi connectivity index (χ1) is 32.8. The number of fused-ring (bicyclic) bond motifs is 4. The number of hydrogen-bond donors (Lipinski definition) is 0. The number of hydrogen-bond acceptors (Lipinski definition) is 1. The van der Waals surface area contributed by atoms with E-state index in [1.54, 1.807) is 0 Å². The average molecular weight is 847 g/mol. The minimum absolute atomic E-state index is 0.570. The van der Waals surface area contributed by atoms with Gasteiger partial charge >= 0.3 is 0 Å².